The SMILES string of the molecule is C=CCOc1nn(C)c(=O)cc1N1CCOCC1. The Bertz CT molecular complexity index is 478. The van der Waals surface area contributed by atoms with Crippen LogP contribution in [0.2, 0.25) is 0 Å². The molecule has 1 aromatic rings. The molecule has 0 bridgehead atoms. The predicted molar refractivity (Wildman–Crippen MR) is 68.2 cm³/mol. The van der Waals surface area contributed by atoms with E-state index in [0.29, 0.717) is 25.7 Å². The average Bonchev–Trinajstić information content (AvgIpc) is 2.40. The molecule has 0 amide bonds. The fraction of sp³-hybridized carbons (Fsp3) is 0.500. The number of anilines is 1. The Kier molecular flexibility index (Phi) is 3.99. The molecular weight excluding hydrogens is 234 g/mol. The zero-order chi connectivity index (χ0) is 13.0. The highest BCUT2D eigenvalue weighted by atomic mass is 16.5. The Labute approximate surface area is 105 Å². The van der Waals surface area contributed by atoms with Gasteiger partial charge in [-0.2, -0.15) is 0 Å². The minimum atomic E-state index is -0.151. The Morgan fingerprint density at radius 1 is 1.56 bits per heavy atom. The highest BCUT2D eigenvalue weighted by Crippen LogP contribution is 2.24. The normalized spacial score (nSPS) is 15.5. The smallest absolute Gasteiger partial charge is 0.268 e. The number of rotatable bonds is 4. The van der Waals surface area contributed by atoms with Gasteiger partial charge in [0.2, 0.25) is 0 Å². The van der Waals surface area contributed by atoms with Crippen LogP contribution in [0, 0.1) is 0 Å². The van der Waals surface area contributed by atoms with E-state index < -0.39 is 0 Å². The van der Waals surface area contributed by atoms with E-state index in [1.807, 2.05) is 0 Å². The second kappa shape index (κ2) is 5.68. The van der Waals surface area contributed by atoms with Crippen LogP contribution in [0.4, 0.5) is 5.69 Å². The van der Waals surface area contributed by atoms with Crippen molar-refractivity contribution in [1.29, 1.82) is 0 Å². The molecule has 0 saturated carbocycles. The summed E-state index contributed by atoms with van der Waals surface area (Å²) in [7, 11) is 1.60. The first kappa shape index (κ1) is 12.6. The molecule has 0 radical (unpaired) electrons. The molecule has 1 aliphatic heterocycles. The van der Waals surface area contributed by atoms with Gasteiger partial charge in [0.1, 0.15) is 12.3 Å². The van der Waals surface area contributed by atoms with Crippen LogP contribution >= 0.6 is 0 Å². The summed E-state index contributed by atoms with van der Waals surface area (Å²) in [5, 5.41) is 4.14. The molecule has 2 heterocycles. The van der Waals surface area contributed by atoms with E-state index in [9.17, 15) is 4.79 Å². The van der Waals surface area contributed by atoms with Crippen LogP contribution in [0.1, 0.15) is 0 Å². The van der Waals surface area contributed by atoms with E-state index in [-0.39, 0.29) is 5.56 Å². The zero-order valence-corrected chi connectivity index (χ0v) is 10.5. The minimum absolute atomic E-state index is 0.151. The number of ether oxygens (including phenoxy) is 2. The molecule has 1 aromatic heterocycles. The van der Waals surface area contributed by atoms with Gasteiger partial charge in [0.05, 0.1) is 13.2 Å². The average molecular weight is 251 g/mol. The van der Waals surface area contributed by atoms with Gasteiger partial charge < -0.3 is 14.4 Å². The molecular formula is C12H17N3O3. The third kappa shape index (κ3) is 2.70. The number of hydrogen-bond donors (Lipinski definition) is 0. The van der Waals surface area contributed by atoms with Gasteiger partial charge in [0.25, 0.3) is 11.4 Å². The molecule has 1 aliphatic rings. The molecule has 0 atom stereocenters. The number of aromatic nitrogens is 2. The highest BCUT2D eigenvalue weighted by Gasteiger charge is 2.18. The van der Waals surface area contributed by atoms with E-state index in [4.69, 9.17) is 9.47 Å². The number of morpholine rings is 1. The fourth-order valence-corrected chi connectivity index (χ4v) is 1.78. The molecule has 2 rings (SSSR count). The van der Waals surface area contributed by atoms with Crippen LogP contribution in [0.3, 0.4) is 0 Å². The van der Waals surface area contributed by atoms with Crippen molar-refractivity contribution >= 4 is 5.69 Å². The molecule has 98 valence electrons. The van der Waals surface area contributed by atoms with Crippen molar-refractivity contribution in [3.63, 3.8) is 0 Å². The maximum Gasteiger partial charge on any atom is 0.268 e. The van der Waals surface area contributed by atoms with Crippen LogP contribution in [0.15, 0.2) is 23.5 Å². The van der Waals surface area contributed by atoms with Gasteiger partial charge in [-0.15, -0.1) is 5.10 Å². The lowest BCUT2D eigenvalue weighted by Crippen LogP contribution is -2.37. The fourth-order valence-electron chi connectivity index (χ4n) is 1.78. The number of nitrogens with zero attached hydrogens (tertiary/aromatic N) is 3. The second-order valence-corrected chi connectivity index (χ2v) is 4.00. The molecule has 0 aromatic carbocycles. The topological polar surface area (TPSA) is 56.6 Å². The Hall–Kier alpha value is -1.82. The summed E-state index contributed by atoms with van der Waals surface area (Å²) in [6.45, 7) is 6.74. The molecule has 0 unspecified atom stereocenters. The van der Waals surface area contributed by atoms with Gasteiger partial charge in [-0.1, -0.05) is 12.7 Å². The summed E-state index contributed by atoms with van der Waals surface area (Å²) in [6, 6.07) is 1.55. The number of aryl methyl sites for hydroxylation is 1. The van der Waals surface area contributed by atoms with Crippen molar-refractivity contribution in [2.75, 3.05) is 37.8 Å². The highest BCUT2D eigenvalue weighted by molar-refractivity contribution is 5.54. The van der Waals surface area contributed by atoms with Crippen LogP contribution in [0.5, 0.6) is 5.88 Å². The van der Waals surface area contributed by atoms with Crippen molar-refractivity contribution in [1.82, 2.24) is 9.78 Å². The van der Waals surface area contributed by atoms with Gasteiger partial charge in [-0.3, -0.25) is 4.79 Å². The largest absolute Gasteiger partial charge is 0.471 e. The molecule has 1 saturated heterocycles. The van der Waals surface area contributed by atoms with Crippen molar-refractivity contribution in [3.8, 4) is 5.88 Å². The van der Waals surface area contributed by atoms with E-state index >= 15 is 0 Å². The standard InChI is InChI=1S/C12H17N3O3/c1-3-6-18-12-10(9-11(16)14(2)13-12)15-4-7-17-8-5-15/h3,9H,1,4-8H2,2H3. The van der Waals surface area contributed by atoms with Gasteiger partial charge in [0, 0.05) is 26.2 Å². The third-order valence-corrected chi connectivity index (χ3v) is 2.73. The molecule has 0 aliphatic carbocycles. The van der Waals surface area contributed by atoms with E-state index in [0.717, 1.165) is 18.8 Å². The van der Waals surface area contributed by atoms with E-state index in [1.54, 1.807) is 19.2 Å². The molecule has 0 spiro atoms. The summed E-state index contributed by atoms with van der Waals surface area (Å²) in [5.41, 5.74) is 0.575. The summed E-state index contributed by atoms with van der Waals surface area (Å²) in [4.78, 5) is 13.7. The number of hydrogen-bond acceptors (Lipinski definition) is 5. The minimum Gasteiger partial charge on any atom is -0.471 e. The monoisotopic (exact) mass is 251 g/mol. The summed E-state index contributed by atoms with van der Waals surface area (Å²) >= 11 is 0. The Morgan fingerprint density at radius 2 is 2.28 bits per heavy atom. The van der Waals surface area contributed by atoms with Crippen molar-refractivity contribution < 1.29 is 9.47 Å². The first-order chi connectivity index (χ1) is 8.72. The lowest BCUT2D eigenvalue weighted by Gasteiger charge is -2.29. The van der Waals surface area contributed by atoms with E-state index in [2.05, 4.69) is 16.6 Å². The quantitative estimate of drug-likeness (QED) is 0.715. The van der Waals surface area contributed by atoms with Crippen LogP contribution in [-0.2, 0) is 11.8 Å². The first-order valence-corrected chi connectivity index (χ1v) is 5.87. The predicted octanol–water partition coefficient (Wildman–Crippen LogP) is 0.182. The lowest BCUT2D eigenvalue weighted by molar-refractivity contribution is 0.122. The van der Waals surface area contributed by atoms with Crippen molar-refractivity contribution in [2.24, 2.45) is 7.05 Å². The van der Waals surface area contributed by atoms with Crippen LogP contribution in [-0.4, -0.2) is 42.7 Å². The molecule has 18 heavy (non-hydrogen) atoms. The van der Waals surface area contributed by atoms with Crippen molar-refractivity contribution in [2.45, 2.75) is 0 Å². The van der Waals surface area contributed by atoms with Gasteiger partial charge >= 0.3 is 0 Å². The maximum absolute atomic E-state index is 11.7. The Balaban J connectivity index is 2.32. The molecule has 1 fully saturated rings. The van der Waals surface area contributed by atoms with E-state index in [1.165, 1.54) is 4.68 Å². The first-order valence-electron chi connectivity index (χ1n) is 5.87. The summed E-state index contributed by atoms with van der Waals surface area (Å²) in [6.07, 6.45) is 1.65. The van der Waals surface area contributed by atoms with Crippen molar-refractivity contribution in [3.05, 3.63) is 29.1 Å². The Morgan fingerprint density at radius 3 is 2.94 bits per heavy atom. The van der Waals surface area contributed by atoms with Crippen LogP contribution < -0.4 is 15.2 Å². The third-order valence-electron chi connectivity index (χ3n) is 2.73. The summed E-state index contributed by atoms with van der Waals surface area (Å²) in [5.74, 6) is 0.457. The molecule has 6 nitrogen and oxygen atoms in total. The lowest BCUT2D eigenvalue weighted by atomic mass is 10.3. The van der Waals surface area contributed by atoms with Crippen LogP contribution in [0.25, 0.3) is 0 Å². The molecule has 0 N–H and O–H groups in total. The second-order valence-electron chi connectivity index (χ2n) is 4.00. The van der Waals surface area contributed by atoms with Gasteiger partial charge in [0.15, 0.2) is 0 Å². The molecule has 6 heteroatoms. The zero-order valence-electron chi connectivity index (χ0n) is 10.5. The van der Waals surface area contributed by atoms with Gasteiger partial charge in [-0.05, 0) is 0 Å². The summed E-state index contributed by atoms with van der Waals surface area (Å²) < 4.78 is 12.1. The van der Waals surface area contributed by atoms with Gasteiger partial charge in [-0.25, -0.2) is 4.68 Å². The maximum atomic E-state index is 11.7.